The van der Waals surface area contributed by atoms with Crippen LogP contribution in [-0.2, 0) is 6.42 Å². The van der Waals surface area contributed by atoms with Crippen LogP contribution in [0, 0.1) is 12.8 Å². The molecule has 0 radical (unpaired) electrons. The summed E-state index contributed by atoms with van der Waals surface area (Å²) in [5, 5.41) is 12.1. The minimum Gasteiger partial charge on any atom is -0.393 e. The highest BCUT2D eigenvalue weighted by Crippen LogP contribution is 2.25. The molecule has 3 heteroatoms. The Bertz CT molecular complexity index is 323. The van der Waals surface area contributed by atoms with E-state index < -0.39 is 0 Å². The van der Waals surface area contributed by atoms with Gasteiger partial charge in [-0.15, -0.1) is 11.3 Å². The van der Waals surface area contributed by atoms with Crippen molar-refractivity contribution in [2.45, 2.75) is 25.9 Å². The standard InChI is InChI=1S/C12H19NOS/c1-9-4-6-15-12(9)7-10-8-13(2)5-3-11(10)14/h4,6,10-11,14H,3,5,7-8H2,1-2H3. The molecule has 0 saturated carbocycles. The molecule has 15 heavy (non-hydrogen) atoms. The van der Waals surface area contributed by atoms with E-state index in [0.717, 1.165) is 25.9 Å². The fourth-order valence-electron chi connectivity index (χ4n) is 2.25. The Morgan fingerprint density at radius 3 is 3.07 bits per heavy atom. The van der Waals surface area contributed by atoms with Crippen LogP contribution in [0.3, 0.4) is 0 Å². The van der Waals surface area contributed by atoms with Crippen LogP contribution in [0.4, 0.5) is 0 Å². The molecule has 2 heterocycles. The Kier molecular flexibility index (Phi) is 3.44. The van der Waals surface area contributed by atoms with Gasteiger partial charge < -0.3 is 10.0 Å². The number of rotatable bonds is 2. The Morgan fingerprint density at radius 2 is 2.40 bits per heavy atom. The largest absolute Gasteiger partial charge is 0.393 e. The number of aryl methyl sites for hydroxylation is 1. The Labute approximate surface area is 95.5 Å². The summed E-state index contributed by atoms with van der Waals surface area (Å²) in [6.07, 6.45) is 1.85. The molecule has 2 rings (SSSR count). The quantitative estimate of drug-likeness (QED) is 0.831. The highest BCUT2D eigenvalue weighted by Gasteiger charge is 2.26. The van der Waals surface area contributed by atoms with E-state index in [1.807, 2.05) is 11.3 Å². The van der Waals surface area contributed by atoms with Gasteiger partial charge in [-0.1, -0.05) is 0 Å². The van der Waals surface area contributed by atoms with Crippen LogP contribution in [-0.4, -0.2) is 36.2 Å². The summed E-state index contributed by atoms with van der Waals surface area (Å²) >= 11 is 1.82. The van der Waals surface area contributed by atoms with Crippen molar-refractivity contribution in [1.29, 1.82) is 0 Å². The average Bonchev–Trinajstić information content (AvgIpc) is 2.58. The van der Waals surface area contributed by atoms with E-state index in [-0.39, 0.29) is 6.10 Å². The van der Waals surface area contributed by atoms with E-state index in [1.165, 1.54) is 10.4 Å². The monoisotopic (exact) mass is 225 g/mol. The lowest BCUT2D eigenvalue weighted by atomic mass is 9.91. The van der Waals surface area contributed by atoms with E-state index in [0.29, 0.717) is 5.92 Å². The van der Waals surface area contributed by atoms with Crippen LogP contribution in [0.25, 0.3) is 0 Å². The van der Waals surface area contributed by atoms with Crippen molar-refractivity contribution in [3.63, 3.8) is 0 Å². The summed E-state index contributed by atoms with van der Waals surface area (Å²) in [4.78, 5) is 3.76. The molecule has 2 unspecified atom stereocenters. The van der Waals surface area contributed by atoms with Gasteiger partial charge in [0.25, 0.3) is 0 Å². The van der Waals surface area contributed by atoms with Gasteiger partial charge in [-0.05, 0) is 43.8 Å². The molecule has 1 saturated heterocycles. The molecule has 0 spiro atoms. The number of hydrogen-bond acceptors (Lipinski definition) is 3. The van der Waals surface area contributed by atoms with Gasteiger partial charge >= 0.3 is 0 Å². The number of thiophene rings is 1. The first kappa shape index (κ1) is 11.1. The van der Waals surface area contributed by atoms with Gasteiger partial charge in [0.1, 0.15) is 0 Å². The summed E-state index contributed by atoms with van der Waals surface area (Å²) in [6.45, 7) is 4.21. The lowest BCUT2D eigenvalue weighted by Crippen LogP contribution is -2.41. The Morgan fingerprint density at radius 1 is 1.60 bits per heavy atom. The van der Waals surface area contributed by atoms with Crippen molar-refractivity contribution in [1.82, 2.24) is 4.90 Å². The molecule has 0 aliphatic carbocycles. The normalized spacial score (nSPS) is 28.2. The smallest absolute Gasteiger partial charge is 0.0596 e. The highest BCUT2D eigenvalue weighted by molar-refractivity contribution is 7.10. The number of aliphatic hydroxyl groups is 1. The maximum absolute atomic E-state index is 9.95. The molecule has 1 fully saturated rings. The summed E-state index contributed by atoms with van der Waals surface area (Å²) < 4.78 is 0. The first-order chi connectivity index (χ1) is 7.16. The zero-order valence-corrected chi connectivity index (χ0v) is 10.3. The third kappa shape index (κ3) is 2.60. The van der Waals surface area contributed by atoms with Crippen molar-refractivity contribution >= 4 is 11.3 Å². The third-order valence-corrected chi connectivity index (χ3v) is 4.36. The fourth-order valence-corrected chi connectivity index (χ4v) is 3.25. The first-order valence-corrected chi connectivity index (χ1v) is 6.44. The second-order valence-electron chi connectivity index (χ2n) is 4.61. The van der Waals surface area contributed by atoms with E-state index in [4.69, 9.17) is 0 Å². The lowest BCUT2D eigenvalue weighted by molar-refractivity contribution is 0.0369. The minimum absolute atomic E-state index is 0.109. The van der Waals surface area contributed by atoms with Crippen LogP contribution in [0.2, 0.25) is 0 Å². The summed E-state index contributed by atoms with van der Waals surface area (Å²) in [5.74, 6) is 0.418. The molecular weight excluding hydrogens is 206 g/mol. The number of nitrogens with zero attached hydrogens (tertiary/aromatic N) is 1. The zero-order valence-electron chi connectivity index (χ0n) is 9.44. The summed E-state index contributed by atoms with van der Waals surface area (Å²) in [5.41, 5.74) is 1.38. The van der Waals surface area contributed by atoms with Crippen LogP contribution >= 0.6 is 11.3 Å². The van der Waals surface area contributed by atoms with Crippen LogP contribution < -0.4 is 0 Å². The second-order valence-corrected chi connectivity index (χ2v) is 5.61. The van der Waals surface area contributed by atoms with Crippen molar-refractivity contribution < 1.29 is 5.11 Å². The van der Waals surface area contributed by atoms with Gasteiger partial charge in [0.2, 0.25) is 0 Å². The van der Waals surface area contributed by atoms with Crippen LogP contribution in [0.5, 0.6) is 0 Å². The van der Waals surface area contributed by atoms with Crippen molar-refractivity contribution in [2.75, 3.05) is 20.1 Å². The maximum atomic E-state index is 9.95. The molecule has 0 bridgehead atoms. The number of hydrogen-bond donors (Lipinski definition) is 1. The minimum atomic E-state index is -0.109. The third-order valence-electron chi connectivity index (χ3n) is 3.31. The summed E-state index contributed by atoms with van der Waals surface area (Å²) in [7, 11) is 2.14. The van der Waals surface area contributed by atoms with Gasteiger partial charge in [-0.2, -0.15) is 0 Å². The summed E-state index contributed by atoms with van der Waals surface area (Å²) in [6, 6.07) is 2.17. The number of piperidine rings is 1. The predicted octanol–water partition coefficient (Wildman–Crippen LogP) is 1.91. The zero-order chi connectivity index (χ0) is 10.8. The maximum Gasteiger partial charge on any atom is 0.0596 e. The number of aliphatic hydroxyl groups excluding tert-OH is 1. The van der Waals surface area contributed by atoms with Crippen molar-refractivity contribution in [2.24, 2.45) is 5.92 Å². The van der Waals surface area contributed by atoms with Gasteiger partial charge in [-0.25, -0.2) is 0 Å². The molecule has 2 atom stereocenters. The Balaban J connectivity index is 2.01. The molecule has 1 N–H and O–H groups in total. The molecule has 84 valence electrons. The number of likely N-dealkylation sites (tertiary alicyclic amines) is 1. The van der Waals surface area contributed by atoms with Gasteiger partial charge in [0, 0.05) is 23.9 Å². The molecule has 0 aromatic carbocycles. The van der Waals surface area contributed by atoms with Gasteiger partial charge in [0.05, 0.1) is 6.10 Å². The van der Waals surface area contributed by atoms with E-state index in [1.54, 1.807) is 0 Å². The van der Waals surface area contributed by atoms with Crippen molar-refractivity contribution in [3.8, 4) is 0 Å². The van der Waals surface area contributed by atoms with E-state index >= 15 is 0 Å². The molecule has 0 amide bonds. The highest BCUT2D eigenvalue weighted by atomic mass is 32.1. The molecule has 1 aromatic heterocycles. The van der Waals surface area contributed by atoms with E-state index in [9.17, 15) is 5.11 Å². The molecule has 1 aliphatic rings. The molecular formula is C12H19NOS. The first-order valence-electron chi connectivity index (χ1n) is 5.56. The fraction of sp³-hybridized carbons (Fsp3) is 0.667. The van der Waals surface area contributed by atoms with Gasteiger partial charge in [-0.3, -0.25) is 0 Å². The second kappa shape index (κ2) is 4.64. The Hall–Kier alpha value is -0.380. The molecule has 1 aromatic rings. The molecule has 2 nitrogen and oxygen atoms in total. The van der Waals surface area contributed by atoms with Gasteiger partial charge in [0.15, 0.2) is 0 Å². The van der Waals surface area contributed by atoms with Crippen LogP contribution in [0.15, 0.2) is 11.4 Å². The molecule has 1 aliphatic heterocycles. The SMILES string of the molecule is Cc1ccsc1CC1CN(C)CCC1O. The lowest BCUT2D eigenvalue weighted by Gasteiger charge is -2.33. The van der Waals surface area contributed by atoms with E-state index in [2.05, 4.69) is 30.3 Å². The average molecular weight is 225 g/mol. The van der Waals surface area contributed by atoms with Crippen LogP contribution in [0.1, 0.15) is 16.9 Å². The van der Waals surface area contributed by atoms with Crippen molar-refractivity contribution in [3.05, 3.63) is 21.9 Å². The predicted molar refractivity (Wildman–Crippen MR) is 64.4 cm³/mol. The topological polar surface area (TPSA) is 23.5 Å².